The van der Waals surface area contributed by atoms with Gasteiger partial charge < -0.3 is 10.6 Å². The zero-order valence-corrected chi connectivity index (χ0v) is 10.6. The van der Waals surface area contributed by atoms with Gasteiger partial charge in [-0.15, -0.1) is 0 Å². The molecule has 18 heavy (non-hydrogen) atoms. The molecular weight excluding hydrogens is 245 g/mol. The van der Waals surface area contributed by atoms with Gasteiger partial charge >= 0.3 is 6.18 Å². The highest BCUT2D eigenvalue weighted by Crippen LogP contribution is 2.39. The monoisotopic (exact) mass is 266 g/mol. The summed E-state index contributed by atoms with van der Waals surface area (Å²) in [5.41, 5.74) is 0. The number of carbonyl (C=O) groups excluding carboxylic acids is 1. The SMILES string of the molecule is CNCCC(=O)NCC1CCCC(C(F)(F)F)C1. The summed E-state index contributed by atoms with van der Waals surface area (Å²) in [5.74, 6) is -1.33. The lowest BCUT2D eigenvalue weighted by Gasteiger charge is -2.30. The Bertz CT molecular complexity index is 269. The highest BCUT2D eigenvalue weighted by atomic mass is 19.4. The van der Waals surface area contributed by atoms with Crippen LogP contribution in [-0.2, 0) is 4.79 Å². The Balaban J connectivity index is 2.28. The standard InChI is InChI=1S/C12H21F3N2O/c1-16-6-5-11(18)17-8-9-3-2-4-10(7-9)12(13,14)15/h9-10,16H,2-8H2,1H3,(H,17,18). The second-order valence-corrected chi connectivity index (χ2v) is 4.93. The van der Waals surface area contributed by atoms with Crippen molar-refractivity contribution >= 4 is 5.91 Å². The first-order valence-corrected chi connectivity index (χ1v) is 6.41. The van der Waals surface area contributed by atoms with Gasteiger partial charge in [0.1, 0.15) is 0 Å². The molecule has 0 aromatic rings. The third-order valence-corrected chi connectivity index (χ3v) is 3.44. The summed E-state index contributed by atoms with van der Waals surface area (Å²) in [4.78, 5) is 11.3. The van der Waals surface area contributed by atoms with Gasteiger partial charge in [-0.1, -0.05) is 6.42 Å². The molecule has 0 aromatic carbocycles. The third-order valence-electron chi connectivity index (χ3n) is 3.44. The number of hydrogen-bond donors (Lipinski definition) is 2. The minimum absolute atomic E-state index is 0.0380. The fourth-order valence-corrected chi connectivity index (χ4v) is 2.36. The summed E-state index contributed by atoms with van der Waals surface area (Å²) in [6, 6.07) is 0. The molecule has 0 saturated heterocycles. The van der Waals surface area contributed by atoms with Gasteiger partial charge in [0.15, 0.2) is 0 Å². The summed E-state index contributed by atoms with van der Waals surface area (Å²) in [6.45, 7) is 0.955. The lowest BCUT2D eigenvalue weighted by molar-refractivity contribution is -0.185. The van der Waals surface area contributed by atoms with E-state index in [1.54, 1.807) is 7.05 Å². The zero-order valence-electron chi connectivity index (χ0n) is 10.6. The minimum atomic E-state index is -4.09. The molecule has 0 spiro atoms. The van der Waals surface area contributed by atoms with Gasteiger partial charge in [0.05, 0.1) is 5.92 Å². The van der Waals surface area contributed by atoms with Crippen molar-refractivity contribution in [2.45, 2.75) is 38.3 Å². The zero-order chi connectivity index (χ0) is 13.6. The van der Waals surface area contributed by atoms with Gasteiger partial charge in [-0.25, -0.2) is 0 Å². The normalized spacial score (nSPS) is 24.9. The van der Waals surface area contributed by atoms with E-state index in [9.17, 15) is 18.0 Å². The van der Waals surface area contributed by atoms with Crippen LogP contribution in [0.2, 0.25) is 0 Å². The van der Waals surface area contributed by atoms with E-state index in [-0.39, 0.29) is 24.7 Å². The number of rotatable bonds is 5. The lowest BCUT2D eigenvalue weighted by atomic mass is 9.81. The molecule has 6 heteroatoms. The van der Waals surface area contributed by atoms with Crippen molar-refractivity contribution in [2.75, 3.05) is 20.1 Å². The molecule has 0 heterocycles. The third kappa shape index (κ3) is 5.25. The maximum Gasteiger partial charge on any atom is 0.391 e. The fraction of sp³-hybridized carbons (Fsp3) is 0.917. The van der Waals surface area contributed by atoms with E-state index >= 15 is 0 Å². The van der Waals surface area contributed by atoms with Crippen molar-refractivity contribution in [2.24, 2.45) is 11.8 Å². The van der Waals surface area contributed by atoms with Gasteiger partial charge in [-0.3, -0.25) is 4.79 Å². The number of halogens is 3. The molecule has 2 N–H and O–H groups in total. The molecule has 0 radical (unpaired) electrons. The summed E-state index contributed by atoms with van der Waals surface area (Å²) in [5, 5.41) is 5.57. The Morgan fingerprint density at radius 2 is 2.06 bits per heavy atom. The maximum absolute atomic E-state index is 12.6. The first-order chi connectivity index (χ1) is 8.43. The number of hydrogen-bond acceptors (Lipinski definition) is 2. The molecule has 1 saturated carbocycles. The Hall–Kier alpha value is -0.780. The van der Waals surface area contributed by atoms with E-state index in [0.29, 0.717) is 25.9 Å². The Labute approximate surface area is 106 Å². The van der Waals surface area contributed by atoms with Crippen molar-refractivity contribution in [3.63, 3.8) is 0 Å². The largest absolute Gasteiger partial charge is 0.391 e. The van der Waals surface area contributed by atoms with Crippen molar-refractivity contribution < 1.29 is 18.0 Å². The van der Waals surface area contributed by atoms with Crippen LogP contribution in [0.1, 0.15) is 32.1 Å². The predicted molar refractivity (Wildman–Crippen MR) is 63.1 cm³/mol. The molecule has 1 aliphatic carbocycles. The van der Waals surface area contributed by atoms with E-state index in [4.69, 9.17) is 0 Å². The van der Waals surface area contributed by atoms with Gasteiger partial charge in [0, 0.05) is 19.5 Å². The molecule has 0 aromatic heterocycles. The highest BCUT2D eigenvalue weighted by molar-refractivity contribution is 5.76. The van der Waals surface area contributed by atoms with E-state index in [0.717, 1.165) is 6.42 Å². The second kappa shape index (κ2) is 6.97. The summed E-state index contributed by atoms with van der Waals surface area (Å²) in [6.07, 6.45) is -1.97. The smallest absolute Gasteiger partial charge is 0.356 e. The van der Waals surface area contributed by atoms with Crippen LogP contribution in [0.15, 0.2) is 0 Å². The van der Waals surface area contributed by atoms with Gasteiger partial charge in [-0.05, 0) is 32.2 Å². The van der Waals surface area contributed by atoms with Crippen LogP contribution >= 0.6 is 0 Å². The van der Waals surface area contributed by atoms with E-state index < -0.39 is 12.1 Å². The minimum Gasteiger partial charge on any atom is -0.356 e. The van der Waals surface area contributed by atoms with E-state index in [2.05, 4.69) is 10.6 Å². The van der Waals surface area contributed by atoms with Crippen molar-refractivity contribution in [1.29, 1.82) is 0 Å². The molecule has 1 amide bonds. The average Bonchev–Trinajstić information content (AvgIpc) is 2.33. The molecule has 3 nitrogen and oxygen atoms in total. The summed E-state index contributed by atoms with van der Waals surface area (Å²) >= 11 is 0. The molecule has 1 aliphatic rings. The predicted octanol–water partition coefficient (Wildman–Crippen LogP) is 2.08. The quantitative estimate of drug-likeness (QED) is 0.800. The van der Waals surface area contributed by atoms with Gasteiger partial charge in [0.2, 0.25) is 5.91 Å². The lowest BCUT2D eigenvalue weighted by Crippen LogP contribution is -2.36. The van der Waals surface area contributed by atoms with E-state index in [1.807, 2.05) is 0 Å². The van der Waals surface area contributed by atoms with Gasteiger partial charge in [-0.2, -0.15) is 13.2 Å². The maximum atomic E-state index is 12.6. The van der Waals surface area contributed by atoms with Crippen molar-refractivity contribution in [3.8, 4) is 0 Å². The molecule has 2 unspecified atom stereocenters. The van der Waals surface area contributed by atoms with Crippen LogP contribution in [0, 0.1) is 11.8 Å². The topological polar surface area (TPSA) is 41.1 Å². The molecule has 1 fully saturated rings. The van der Waals surface area contributed by atoms with Crippen LogP contribution in [0.4, 0.5) is 13.2 Å². The highest BCUT2D eigenvalue weighted by Gasteiger charge is 2.41. The first kappa shape index (κ1) is 15.3. The average molecular weight is 266 g/mol. The number of amides is 1. The van der Waals surface area contributed by atoms with Crippen LogP contribution in [0.25, 0.3) is 0 Å². The van der Waals surface area contributed by atoms with Crippen molar-refractivity contribution in [3.05, 3.63) is 0 Å². The Morgan fingerprint density at radius 3 is 2.67 bits per heavy atom. The van der Waals surface area contributed by atoms with Crippen LogP contribution in [0.3, 0.4) is 0 Å². The Morgan fingerprint density at radius 1 is 1.33 bits per heavy atom. The van der Waals surface area contributed by atoms with Gasteiger partial charge in [0.25, 0.3) is 0 Å². The molecule has 106 valence electrons. The van der Waals surface area contributed by atoms with Crippen LogP contribution < -0.4 is 10.6 Å². The first-order valence-electron chi connectivity index (χ1n) is 6.41. The number of carbonyl (C=O) groups is 1. The summed E-state index contributed by atoms with van der Waals surface area (Å²) in [7, 11) is 1.75. The molecule has 0 aliphatic heterocycles. The fourth-order valence-electron chi connectivity index (χ4n) is 2.36. The van der Waals surface area contributed by atoms with Crippen LogP contribution in [-0.4, -0.2) is 32.2 Å². The number of nitrogens with one attached hydrogen (secondary N) is 2. The molecule has 2 atom stereocenters. The van der Waals surface area contributed by atoms with E-state index in [1.165, 1.54) is 0 Å². The molecular formula is C12H21F3N2O. The van der Waals surface area contributed by atoms with Crippen molar-refractivity contribution in [1.82, 2.24) is 10.6 Å². The molecule has 0 bridgehead atoms. The second-order valence-electron chi connectivity index (χ2n) is 4.93. The van der Waals surface area contributed by atoms with Crippen LogP contribution in [0.5, 0.6) is 0 Å². The molecule has 1 rings (SSSR count). The Kier molecular flexibility index (Phi) is 5.91. The summed E-state index contributed by atoms with van der Waals surface area (Å²) < 4.78 is 37.8. The number of alkyl halides is 3.